The van der Waals surface area contributed by atoms with Crippen molar-refractivity contribution >= 4 is 0 Å². The van der Waals surface area contributed by atoms with E-state index in [1.165, 1.54) is 14.2 Å². The third-order valence-corrected chi connectivity index (χ3v) is 2.70. The van der Waals surface area contributed by atoms with Crippen molar-refractivity contribution in [2.75, 3.05) is 20.8 Å². The Bertz CT molecular complexity index is 425. The third-order valence-electron chi connectivity index (χ3n) is 2.70. The third kappa shape index (κ3) is 4.85. The highest BCUT2D eigenvalue weighted by Gasteiger charge is 2.14. The Hall–Kier alpha value is -1.56. The van der Waals surface area contributed by atoms with Gasteiger partial charge in [0.05, 0.1) is 20.8 Å². The molecule has 1 atom stereocenters. The van der Waals surface area contributed by atoms with Gasteiger partial charge in [-0.3, -0.25) is 0 Å². The van der Waals surface area contributed by atoms with Crippen molar-refractivity contribution in [1.82, 2.24) is 0 Å². The zero-order valence-corrected chi connectivity index (χ0v) is 12.0. The van der Waals surface area contributed by atoms with Crippen LogP contribution in [0.2, 0.25) is 0 Å². The predicted molar refractivity (Wildman–Crippen MR) is 73.0 cm³/mol. The molecule has 4 nitrogen and oxygen atoms in total. The fourth-order valence-electron chi connectivity index (χ4n) is 1.81. The lowest BCUT2D eigenvalue weighted by Gasteiger charge is -2.16. The molecule has 0 spiro atoms. The summed E-state index contributed by atoms with van der Waals surface area (Å²) >= 11 is 0. The molecule has 1 aromatic carbocycles. The van der Waals surface area contributed by atoms with Crippen LogP contribution in [0.1, 0.15) is 18.9 Å². The largest absolute Gasteiger partial charge is 0.496 e. The van der Waals surface area contributed by atoms with E-state index in [0.29, 0.717) is 23.7 Å². The lowest BCUT2D eigenvalue weighted by Crippen LogP contribution is -2.18. The van der Waals surface area contributed by atoms with E-state index in [0.717, 1.165) is 5.56 Å². The molecule has 0 aliphatic rings. The first kappa shape index (κ1) is 16.5. The maximum atomic E-state index is 12.1. The summed E-state index contributed by atoms with van der Waals surface area (Å²) in [4.78, 5) is 0. The molecule has 0 radical (unpaired) electrons. The second kappa shape index (κ2) is 7.89. The molecule has 1 aromatic rings. The molecule has 114 valence electrons. The molecular weight excluding hydrogens is 268 g/mol. The predicted octanol–water partition coefficient (Wildman–Crippen LogP) is 2.63. The van der Waals surface area contributed by atoms with E-state index in [2.05, 4.69) is 0 Å². The minimum Gasteiger partial charge on any atom is -0.496 e. The minimum absolute atomic E-state index is 0.0285. The van der Waals surface area contributed by atoms with Gasteiger partial charge in [0.25, 0.3) is 0 Å². The van der Waals surface area contributed by atoms with Crippen molar-refractivity contribution in [2.45, 2.75) is 32.2 Å². The first-order chi connectivity index (χ1) is 9.47. The van der Waals surface area contributed by atoms with E-state index in [-0.39, 0.29) is 19.1 Å². The number of hydrogen-bond acceptors (Lipinski definition) is 4. The molecular formula is C14H21F2NO3. The Labute approximate surface area is 117 Å². The fourth-order valence-corrected chi connectivity index (χ4v) is 1.81. The van der Waals surface area contributed by atoms with Gasteiger partial charge in [-0.2, -0.15) is 0 Å². The molecule has 0 aliphatic carbocycles. The van der Waals surface area contributed by atoms with Crippen LogP contribution < -0.4 is 19.9 Å². The van der Waals surface area contributed by atoms with Crippen LogP contribution in [0.3, 0.4) is 0 Å². The highest BCUT2D eigenvalue weighted by atomic mass is 19.3. The van der Waals surface area contributed by atoms with Gasteiger partial charge in [0.1, 0.15) is 5.75 Å². The number of methoxy groups -OCH3 is 2. The van der Waals surface area contributed by atoms with Crippen LogP contribution >= 0.6 is 0 Å². The van der Waals surface area contributed by atoms with E-state index in [4.69, 9.17) is 19.9 Å². The highest BCUT2D eigenvalue weighted by Crippen LogP contribution is 2.35. The van der Waals surface area contributed by atoms with Crippen LogP contribution in [0.5, 0.6) is 17.2 Å². The lowest BCUT2D eigenvalue weighted by atomic mass is 10.1. The second-order valence-electron chi connectivity index (χ2n) is 4.52. The lowest BCUT2D eigenvalue weighted by molar-refractivity contribution is 0.113. The molecule has 6 heteroatoms. The van der Waals surface area contributed by atoms with E-state index < -0.39 is 6.43 Å². The average Bonchev–Trinajstić information content (AvgIpc) is 2.38. The van der Waals surface area contributed by atoms with Gasteiger partial charge in [0.2, 0.25) is 6.43 Å². The number of benzene rings is 1. The second-order valence-corrected chi connectivity index (χ2v) is 4.52. The summed E-state index contributed by atoms with van der Waals surface area (Å²) in [5, 5.41) is 0. The van der Waals surface area contributed by atoms with E-state index >= 15 is 0 Å². The molecule has 0 bridgehead atoms. The van der Waals surface area contributed by atoms with Crippen molar-refractivity contribution in [3.8, 4) is 17.2 Å². The SMILES string of the molecule is COc1cc(OCCC(F)F)c(OC)cc1CC(C)N. The van der Waals surface area contributed by atoms with Gasteiger partial charge in [-0.25, -0.2) is 8.78 Å². The van der Waals surface area contributed by atoms with Crippen molar-refractivity contribution in [3.05, 3.63) is 17.7 Å². The highest BCUT2D eigenvalue weighted by molar-refractivity contribution is 5.51. The monoisotopic (exact) mass is 289 g/mol. The first-order valence-corrected chi connectivity index (χ1v) is 6.39. The fraction of sp³-hybridized carbons (Fsp3) is 0.571. The Morgan fingerprint density at radius 2 is 1.75 bits per heavy atom. The summed E-state index contributed by atoms with van der Waals surface area (Å²) in [5.74, 6) is 1.48. The molecule has 0 aromatic heterocycles. The first-order valence-electron chi connectivity index (χ1n) is 6.39. The van der Waals surface area contributed by atoms with Gasteiger partial charge in [-0.1, -0.05) is 0 Å². The van der Waals surface area contributed by atoms with Gasteiger partial charge >= 0.3 is 0 Å². The summed E-state index contributed by atoms with van der Waals surface area (Å²) in [6.45, 7) is 1.81. The Kier molecular flexibility index (Phi) is 6.51. The number of ether oxygens (including phenoxy) is 3. The van der Waals surface area contributed by atoms with Gasteiger partial charge in [-0.15, -0.1) is 0 Å². The molecule has 20 heavy (non-hydrogen) atoms. The normalized spacial score (nSPS) is 12.3. The molecule has 0 aliphatic heterocycles. The summed E-state index contributed by atoms with van der Waals surface area (Å²) in [6, 6.07) is 3.38. The number of halogens is 2. The quantitative estimate of drug-likeness (QED) is 0.799. The van der Waals surface area contributed by atoms with Gasteiger partial charge < -0.3 is 19.9 Å². The summed E-state index contributed by atoms with van der Waals surface area (Å²) in [6.07, 6.45) is -2.09. The standard InChI is InChI=1S/C14H21F2NO3/c1-9(17)6-10-7-12(19-3)13(8-11(10)18-2)20-5-4-14(15)16/h7-9,14H,4-6,17H2,1-3H3. The molecule has 2 N–H and O–H groups in total. The molecule has 0 saturated heterocycles. The van der Waals surface area contributed by atoms with Crippen LogP contribution in [-0.2, 0) is 6.42 Å². The molecule has 0 heterocycles. The molecule has 0 amide bonds. The number of nitrogens with two attached hydrogens (primary N) is 1. The van der Waals surface area contributed by atoms with Crippen LogP contribution in [0, 0.1) is 0 Å². The minimum atomic E-state index is -2.39. The maximum absolute atomic E-state index is 12.1. The number of hydrogen-bond donors (Lipinski definition) is 1. The van der Waals surface area contributed by atoms with E-state index in [9.17, 15) is 8.78 Å². The molecule has 0 fully saturated rings. The smallest absolute Gasteiger partial charge is 0.241 e. The topological polar surface area (TPSA) is 53.7 Å². The van der Waals surface area contributed by atoms with E-state index in [1.807, 2.05) is 6.92 Å². The molecule has 1 unspecified atom stereocenters. The van der Waals surface area contributed by atoms with Crippen LogP contribution in [0.25, 0.3) is 0 Å². The van der Waals surface area contributed by atoms with Crippen molar-refractivity contribution in [3.63, 3.8) is 0 Å². The van der Waals surface area contributed by atoms with Gasteiger partial charge in [-0.05, 0) is 25.0 Å². The van der Waals surface area contributed by atoms with Crippen LogP contribution in [-0.4, -0.2) is 33.3 Å². The average molecular weight is 289 g/mol. The summed E-state index contributed by atoms with van der Waals surface area (Å²) < 4.78 is 40.1. The Balaban J connectivity index is 2.93. The zero-order valence-electron chi connectivity index (χ0n) is 12.0. The maximum Gasteiger partial charge on any atom is 0.241 e. The Morgan fingerprint density at radius 3 is 2.25 bits per heavy atom. The van der Waals surface area contributed by atoms with Crippen molar-refractivity contribution in [1.29, 1.82) is 0 Å². The van der Waals surface area contributed by atoms with Crippen LogP contribution in [0.15, 0.2) is 12.1 Å². The molecule has 0 saturated carbocycles. The Morgan fingerprint density at radius 1 is 1.10 bits per heavy atom. The van der Waals surface area contributed by atoms with Crippen molar-refractivity contribution < 1.29 is 23.0 Å². The van der Waals surface area contributed by atoms with Gasteiger partial charge in [0, 0.05) is 18.5 Å². The zero-order chi connectivity index (χ0) is 15.1. The summed E-state index contributed by atoms with van der Waals surface area (Å²) in [7, 11) is 3.03. The molecule has 1 rings (SSSR count). The number of alkyl halides is 2. The number of rotatable bonds is 8. The summed E-state index contributed by atoms with van der Waals surface area (Å²) in [5.41, 5.74) is 6.67. The van der Waals surface area contributed by atoms with Gasteiger partial charge in [0.15, 0.2) is 11.5 Å². The van der Waals surface area contributed by atoms with Crippen LogP contribution in [0.4, 0.5) is 8.78 Å². The van der Waals surface area contributed by atoms with Crippen molar-refractivity contribution in [2.24, 2.45) is 5.73 Å². The van der Waals surface area contributed by atoms with E-state index in [1.54, 1.807) is 12.1 Å².